The van der Waals surface area contributed by atoms with E-state index in [4.69, 9.17) is 0 Å². The van der Waals surface area contributed by atoms with Crippen LogP contribution in [0, 0.1) is 6.92 Å². The largest absolute Gasteiger partial charge is 0.336 e. The molecule has 0 aliphatic carbocycles. The highest BCUT2D eigenvalue weighted by molar-refractivity contribution is 7.09. The highest BCUT2D eigenvalue weighted by Crippen LogP contribution is 2.22. The molecule has 3 rings (SSSR count). The molecule has 0 bridgehead atoms. The molecule has 0 saturated heterocycles. The molecule has 1 N–H and O–H groups in total. The molecule has 112 valence electrons. The number of hydrogen-bond donors (Lipinski definition) is 1. The minimum atomic E-state index is -0.0711. The van der Waals surface area contributed by atoms with Crippen LogP contribution in [0.15, 0.2) is 41.9 Å². The van der Waals surface area contributed by atoms with Crippen molar-refractivity contribution in [1.29, 1.82) is 0 Å². The fraction of sp³-hybridized carbons (Fsp3) is 0.188. The molecule has 0 saturated carbocycles. The third-order valence-corrected chi connectivity index (χ3v) is 4.17. The van der Waals surface area contributed by atoms with Gasteiger partial charge in [0.05, 0.1) is 34.7 Å². The van der Waals surface area contributed by atoms with E-state index in [1.165, 1.54) is 0 Å². The van der Waals surface area contributed by atoms with Gasteiger partial charge in [-0.05, 0) is 6.92 Å². The maximum atomic E-state index is 12.7. The Labute approximate surface area is 132 Å². The lowest BCUT2D eigenvalue weighted by Crippen LogP contribution is -2.26. The second kappa shape index (κ2) is 6.11. The van der Waals surface area contributed by atoms with Crippen LogP contribution in [0.3, 0.4) is 0 Å². The Balaban J connectivity index is 1.82. The van der Waals surface area contributed by atoms with Gasteiger partial charge in [-0.2, -0.15) is 5.10 Å². The molecule has 0 aliphatic heterocycles. The predicted octanol–water partition coefficient (Wildman–Crippen LogP) is 3.11. The Morgan fingerprint density at radius 3 is 2.77 bits per heavy atom. The molecule has 0 unspecified atom stereocenters. The number of nitrogens with one attached hydrogen (secondary N) is 1. The molecule has 2 heterocycles. The molecule has 3 aromatic rings. The number of hydrogen-bond acceptors (Lipinski definition) is 4. The van der Waals surface area contributed by atoms with Crippen molar-refractivity contribution in [2.24, 2.45) is 0 Å². The summed E-state index contributed by atoms with van der Waals surface area (Å²) < 4.78 is 0. The second-order valence-electron chi connectivity index (χ2n) is 5.04. The average molecular weight is 312 g/mol. The van der Waals surface area contributed by atoms with Gasteiger partial charge in [0.25, 0.3) is 5.91 Å². The van der Waals surface area contributed by atoms with E-state index in [1.54, 1.807) is 29.5 Å². The first kappa shape index (κ1) is 14.5. The first-order valence-electron chi connectivity index (χ1n) is 6.90. The summed E-state index contributed by atoms with van der Waals surface area (Å²) in [5.74, 6) is -0.0711. The number of aromatic amines is 1. The Morgan fingerprint density at radius 1 is 1.32 bits per heavy atom. The summed E-state index contributed by atoms with van der Waals surface area (Å²) >= 11 is 1.59. The third kappa shape index (κ3) is 2.92. The van der Waals surface area contributed by atoms with Crippen LogP contribution in [0.5, 0.6) is 0 Å². The number of amides is 1. The fourth-order valence-electron chi connectivity index (χ4n) is 2.27. The Morgan fingerprint density at radius 2 is 2.09 bits per heavy atom. The van der Waals surface area contributed by atoms with Gasteiger partial charge in [-0.15, -0.1) is 11.3 Å². The van der Waals surface area contributed by atoms with Crippen LogP contribution in [0.1, 0.15) is 21.1 Å². The number of carbonyl (C=O) groups excluding carboxylic acids is 1. The van der Waals surface area contributed by atoms with Crippen molar-refractivity contribution in [1.82, 2.24) is 20.1 Å². The quantitative estimate of drug-likeness (QED) is 0.805. The van der Waals surface area contributed by atoms with Crippen LogP contribution in [-0.2, 0) is 6.54 Å². The summed E-state index contributed by atoms with van der Waals surface area (Å²) in [4.78, 5) is 18.7. The molecular weight excluding hydrogens is 296 g/mol. The van der Waals surface area contributed by atoms with Crippen molar-refractivity contribution in [3.05, 3.63) is 58.2 Å². The highest BCUT2D eigenvalue weighted by Gasteiger charge is 2.19. The maximum absolute atomic E-state index is 12.7. The van der Waals surface area contributed by atoms with Crippen molar-refractivity contribution in [3.63, 3.8) is 0 Å². The minimum Gasteiger partial charge on any atom is -0.336 e. The summed E-state index contributed by atoms with van der Waals surface area (Å²) in [5, 5.41) is 9.92. The van der Waals surface area contributed by atoms with Gasteiger partial charge in [0.1, 0.15) is 0 Å². The number of nitrogens with zero attached hydrogens (tertiary/aromatic N) is 3. The summed E-state index contributed by atoms with van der Waals surface area (Å²) in [6.45, 7) is 2.45. The van der Waals surface area contributed by atoms with Crippen molar-refractivity contribution in [2.45, 2.75) is 13.5 Å². The molecule has 0 spiro atoms. The number of rotatable bonds is 4. The van der Waals surface area contributed by atoms with Crippen LogP contribution in [-0.4, -0.2) is 33.0 Å². The standard InChI is InChI=1S/C16H16N4OS/c1-11-18-13(10-22-11)9-20(2)16(21)14-8-17-19-15(14)12-6-4-3-5-7-12/h3-8,10H,9H2,1-2H3,(H,17,19). The van der Waals surface area contributed by atoms with Gasteiger partial charge in [0.15, 0.2) is 0 Å². The Hall–Kier alpha value is -2.47. The summed E-state index contributed by atoms with van der Waals surface area (Å²) in [7, 11) is 1.78. The van der Waals surface area contributed by atoms with E-state index in [2.05, 4.69) is 15.2 Å². The van der Waals surface area contributed by atoms with E-state index in [9.17, 15) is 4.79 Å². The van der Waals surface area contributed by atoms with Gasteiger partial charge in [0.2, 0.25) is 0 Å². The molecule has 0 atom stereocenters. The smallest absolute Gasteiger partial charge is 0.257 e. The lowest BCUT2D eigenvalue weighted by molar-refractivity contribution is 0.0784. The van der Waals surface area contributed by atoms with E-state index in [1.807, 2.05) is 42.6 Å². The van der Waals surface area contributed by atoms with E-state index >= 15 is 0 Å². The molecule has 1 aromatic carbocycles. The molecule has 0 aliphatic rings. The number of carbonyl (C=O) groups is 1. The maximum Gasteiger partial charge on any atom is 0.257 e. The van der Waals surface area contributed by atoms with E-state index < -0.39 is 0 Å². The highest BCUT2D eigenvalue weighted by atomic mass is 32.1. The van der Waals surface area contributed by atoms with Gasteiger partial charge < -0.3 is 4.90 Å². The molecule has 0 radical (unpaired) electrons. The molecule has 6 heteroatoms. The zero-order chi connectivity index (χ0) is 15.5. The molecular formula is C16H16N4OS. The summed E-state index contributed by atoms with van der Waals surface area (Å²) in [6.07, 6.45) is 1.58. The van der Waals surface area contributed by atoms with Crippen LogP contribution in [0.25, 0.3) is 11.3 Å². The van der Waals surface area contributed by atoms with E-state index in [-0.39, 0.29) is 5.91 Å². The predicted molar refractivity (Wildman–Crippen MR) is 86.7 cm³/mol. The van der Waals surface area contributed by atoms with E-state index in [0.717, 1.165) is 22.0 Å². The molecule has 5 nitrogen and oxygen atoms in total. The summed E-state index contributed by atoms with van der Waals surface area (Å²) in [6, 6.07) is 9.72. The van der Waals surface area contributed by atoms with Crippen molar-refractivity contribution < 1.29 is 4.79 Å². The number of aromatic nitrogens is 3. The number of H-pyrrole nitrogens is 1. The lowest BCUT2D eigenvalue weighted by Gasteiger charge is -2.15. The van der Waals surface area contributed by atoms with Crippen LogP contribution < -0.4 is 0 Å². The minimum absolute atomic E-state index is 0.0711. The summed E-state index contributed by atoms with van der Waals surface area (Å²) in [5.41, 5.74) is 3.16. The number of benzene rings is 1. The van der Waals surface area contributed by atoms with Crippen molar-refractivity contribution >= 4 is 17.2 Å². The van der Waals surface area contributed by atoms with Crippen molar-refractivity contribution in [3.8, 4) is 11.3 Å². The van der Waals surface area contributed by atoms with Gasteiger partial charge in [-0.1, -0.05) is 30.3 Å². The van der Waals surface area contributed by atoms with Gasteiger partial charge in [-0.25, -0.2) is 4.98 Å². The van der Waals surface area contributed by atoms with Crippen LogP contribution in [0.2, 0.25) is 0 Å². The molecule has 22 heavy (non-hydrogen) atoms. The third-order valence-electron chi connectivity index (χ3n) is 3.34. The van der Waals surface area contributed by atoms with Crippen molar-refractivity contribution in [2.75, 3.05) is 7.05 Å². The van der Waals surface area contributed by atoms with Gasteiger partial charge >= 0.3 is 0 Å². The molecule has 1 amide bonds. The number of aryl methyl sites for hydroxylation is 1. The van der Waals surface area contributed by atoms with Crippen LogP contribution in [0.4, 0.5) is 0 Å². The zero-order valence-corrected chi connectivity index (χ0v) is 13.2. The van der Waals surface area contributed by atoms with Gasteiger partial charge in [0, 0.05) is 18.0 Å². The monoisotopic (exact) mass is 312 g/mol. The Bertz CT molecular complexity index is 778. The first-order chi connectivity index (χ1) is 10.6. The second-order valence-corrected chi connectivity index (χ2v) is 6.11. The Kier molecular flexibility index (Phi) is 4.02. The first-order valence-corrected chi connectivity index (χ1v) is 7.78. The SMILES string of the molecule is Cc1nc(CN(C)C(=O)c2cn[nH]c2-c2ccccc2)cs1. The number of thiazole rings is 1. The zero-order valence-electron chi connectivity index (χ0n) is 12.4. The average Bonchev–Trinajstić information content (AvgIpc) is 3.16. The molecule has 2 aromatic heterocycles. The normalized spacial score (nSPS) is 10.6. The topological polar surface area (TPSA) is 61.9 Å². The van der Waals surface area contributed by atoms with Crippen LogP contribution >= 0.6 is 11.3 Å². The van der Waals surface area contributed by atoms with E-state index in [0.29, 0.717) is 12.1 Å². The lowest BCUT2D eigenvalue weighted by atomic mass is 10.1. The molecule has 0 fully saturated rings. The fourth-order valence-corrected chi connectivity index (χ4v) is 2.88. The van der Waals surface area contributed by atoms with Gasteiger partial charge in [-0.3, -0.25) is 9.89 Å².